The first-order valence-electron chi connectivity index (χ1n) is 7.13. The van der Waals surface area contributed by atoms with Crippen LogP contribution >= 0.6 is 0 Å². The van der Waals surface area contributed by atoms with E-state index >= 15 is 0 Å². The fraction of sp³-hybridized carbons (Fsp3) is 0.667. The molecule has 3 atom stereocenters. The molecule has 3 heteroatoms. The summed E-state index contributed by atoms with van der Waals surface area (Å²) in [7, 11) is 0. The highest BCUT2D eigenvalue weighted by atomic mass is 14.9. The van der Waals surface area contributed by atoms with Gasteiger partial charge in [0.1, 0.15) is 5.82 Å². The second kappa shape index (κ2) is 6.19. The van der Waals surface area contributed by atoms with Crippen LogP contribution in [0.3, 0.4) is 0 Å². The van der Waals surface area contributed by atoms with Crippen LogP contribution in [0.1, 0.15) is 38.7 Å². The van der Waals surface area contributed by atoms with E-state index in [2.05, 4.69) is 30.2 Å². The number of nitrogens with one attached hydrogen (secondary N) is 1. The molecule has 100 valence electrons. The van der Waals surface area contributed by atoms with Gasteiger partial charge in [0.25, 0.3) is 0 Å². The lowest BCUT2D eigenvalue weighted by atomic mass is 9.91. The second-order valence-electron chi connectivity index (χ2n) is 5.59. The molecule has 0 amide bonds. The molecule has 3 N–H and O–H groups in total. The van der Waals surface area contributed by atoms with E-state index in [1.54, 1.807) is 6.20 Å². The Morgan fingerprint density at radius 2 is 2.33 bits per heavy atom. The Labute approximate surface area is 110 Å². The lowest BCUT2D eigenvalue weighted by molar-refractivity contribution is 0.354. The summed E-state index contributed by atoms with van der Waals surface area (Å²) in [5.74, 6) is 2.36. The first kappa shape index (κ1) is 13.3. The zero-order valence-corrected chi connectivity index (χ0v) is 11.5. The Kier molecular flexibility index (Phi) is 4.59. The van der Waals surface area contributed by atoms with Crippen molar-refractivity contribution in [1.82, 2.24) is 10.3 Å². The summed E-state index contributed by atoms with van der Waals surface area (Å²) < 4.78 is 0. The van der Waals surface area contributed by atoms with Gasteiger partial charge >= 0.3 is 0 Å². The summed E-state index contributed by atoms with van der Waals surface area (Å²) in [4.78, 5) is 4.18. The summed E-state index contributed by atoms with van der Waals surface area (Å²) >= 11 is 0. The van der Waals surface area contributed by atoms with Gasteiger partial charge in [0.15, 0.2) is 0 Å². The molecule has 0 aromatic carbocycles. The molecule has 3 nitrogen and oxygen atoms in total. The number of anilines is 1. The molecule has 1 aromatic heterocycles. The third kappa shape index (κ3) is 3.22. The Morgan fingerprint density at radius 1 is 1.50 bits per heavy atom. The first-order chi connectivity index (χ1) is 8.70. The molecule has 0 bridgehead atoms. The van der Waals surface area contributed by atoms with Crippen molar-refractivity contribution >= 4 is 5.82 Å². The molecule has 0 radical (unpaired) electrons. The van der Waals surface area contributed by atoms with Gasteiger partial charge in [-0.05, 0) is 49.3 Å². The Bertz CT molecular complexity index is 378. The summed E-state index contributed by atoms with van der Waals surface area (Å²) in [5.41, 5.74) is 7.14. The predicted molar refractivity (Wildman–Crippen MR) is 76.3 cm³/mol. The average molecular weight is 247 g/mol. The molecular weight excluding hydrogens is 222 g/mol. The highest BCUT2D eigenvalue weighted by Gasteiger charge is 2.28. The number of rotatable bonds is 5. The normalized spacial score (nSPS) is 25.2. The summed E-state index contributed by atoms with van der Waals surface area (Å²) in [6, 6.07) is 4.63. The van der Waals surface area contributed by atoms with Crippen molar-refractivity contribution in [2.75, 3.05) is 12.3 Å². The summed E-state index contributed by atoms with van der Waals surface area (Å²) in [5, 5.41) is 3.64. The smallest absolute Gasteiger partial charge is 0.126 e. The number of nitrogen functional groups attached to an aromatic ring is 1. The zero-order valence-electron chi connectivity index (χ0n) is 11.5. The van der Waals surface area contributed by atoms with Gasteiger partial charge in [0, 0.05) is 12.2 Å². The number of likely N-dealkylation sites (N-methyl/N-ethyl adjacent to an activating group) is 1. The highest BCUT2D eigenvalue weighted by molar-refractivity contribution is 5.39. The lowest BCUT2D eigenvalue weighted by Gasteiger charge is -2.25. The van der Waals surface area contributed by atoms with E-state index < -0.39 is 0 Å². The molecule has 3 unspecified atom stereocenters. The van der Waals surface area contributed by atoms with E-state index in [9.17, 15) is 0 Å². The quantitative estimate of drug-likeness (QED) is 0.841. The number of hydrogen-bond acceptors (Lipinski definition) is 3. The van der Waals surface area contributed by atoms with Crippen LogP contribution in [0.2, 0.25) is 0 Å². The monoisotopic (exact) mass is 247 g/mol. The van der Waals surface area contributed by atoms with E-state index in [1.807, 2.05) is 6.07 Å². The molecule has 1 aliphatic rings. The van der Waals surface area contributed by atoms with Gasteiger partial charge in [0.2, 0.25) is 0 Å². The third-order valence-electron chi connectivity index (χ3n) is 4.14. The minimum Gasteiger partial charge on any atom is -0.383 e. The number of aromatic nitrogens is 1. The molecular formula is C15H25N3. The molecule has 18 heavy (non-hydrogen) atoms. The van der Waals surface area contributed by atoms with Crippen LogP contribution in [0.25, 0.3) is 0 Å². The van der Waals surface area contributed by atoms with E-state index in [-0.39, 0.29) is 0 Å². The fourth-order valence-corrected chi connectivity index (χ4v) is 3.14. The summed E-state index contributed by atoms with van der Waals surface area (Å²) in [6.45, 7) is 5.56. The number of nitrogens with two attached hydrogens (primary N) is 1. The van der Waals surface area contributed by atoms with Gasteiger partial charge in [-0.2, -0.15) is 0 Å². The molecule has 1 heterocycles. The minimum absolute atomic E-state index is 0.548. The van der Waals surface area contributed by atoms with Crippen molar-refractivity contribution in [2.24, 2.45) is 11.8 Å². The maximum Gasteiger partial charge on any atom is 0.126 e. The number of hydrogen-bond donors (Lipinski definition) is 2. The fourth-order valence-electron chi connectivity index (χ4n) is 3.14. The van der Waals surface area contributed by atoms with Crippen LogP contribution < -0.4 is 11.1 Å². The molecule has 1 saturated carbocycles. The molecule has 1 fully saturated rings. The van der Waals surface area contributed by atoms with Gasteiger partial charge in [-0.25, -0.2) is 4.98 Å². The van der Waals surface area contributed by atoms with Crippen molar-refractivity contribution in [3.05, 3.63) is 23.9 Å². The van der Waals surface area contributed by atoms with Crippen molar-refractivity contribution in [1.29, 1.82) is 0 Å². The average Bonchev–Trinajstić information content (AvgIpc) is 2.78. The number of pyridine rings is 1. The topological polar surface area (TPSA) is 50.9 Å². The van der Waals surface area contributed by atoms with E-state index in [0.29, 0.717) is 11.9 Å². The molecule has 1 aliphatic carbocycles. The molecule has 1 aromatic rings. The Morgan fingerprint density at radius 3 is 2.94 bits per heavy atom. The van der Waals surface area contributed by atoms with E-state index in [1.165, 1.54) is 24.8 Å². The van der Waals surface area contributed by atoms with Gasteiger partial charge in [-0.3, -0.25) is 0 Å². The SMILES string of the molecule is CCNC(Cc1cccnc1N)C1CCC(C)C1. The second-order valence-corrected chi connectivity index (χ2v) is 5.59. The van der Waals surface area contributed by atoms with Crippen LogP contribution in [-0.4, -0.2) is 17.6 Å². The molecule has 2 rings (SSSR count). The van der Waals surface area contributed by atoms with Gasteiger partial charge in [-0.1, -0.05) is 26.3 Å². The van der Waals surface area contributed by atoms with Crippen LogP contribution in [0.4, 0.5) is 5.82 Å². The van der Waals surface area contributed by atoms with E-state index in [0.717, 1.165) is 24.8 Å². The maximum atomic E-state index is 5.95. The van der Waals surface area contributed by atoms with Crippen molar-refractivity contribution in [3.63, 3.8) is 0 Å². The zero-order chi connectivity index (χ0) is 13.0. The number of nitrogens with zero attached hydrogens (tertiary/aromatic N) is 1. The molecule has 0 aliphatic heterocycles. The third-order valence-corrected chi connectivity index (χ3v) is 4.14. The van der Waals surface area contributed by atoms with Crippen molar-refractivity contribution < 1.29 is 0 Å². The van der Waals surface area contributed by atoms with Crippen molar-refractivity contribution in [3.8, 4) is 0 Å². The predicted octanol–water partition coefficient (Wildman–Crippen LogP) is 2.62. The standard InChI is InChI=1S/C15H25N3/c1-3-17-14(12-7-6-11(2)9-12)10-13-5-4-8-18-15(13)16/h4-5,8,11-12,14,17H,3,6-7,9-10H2,1-2H3,(H2,16,18). The molecule has 0 saturated heterocycles. The van der Waals surface area contributed by atoms with Crippen LogP contribution in [-0.2, 0) is 6.42 Å². The largest absolute Gasteiger partial charge is 0.383 e. The van der Waals surface area contributed by atoms with Crippen LogP contribution in [0.15, 0.2) is 18.3 Å². The summed E-state index contributed by atoms with van der Waals surface area (Å²) in [6.07, 6.45) is 6.83. The Balaban J connectivity index is 2.04. The first-order valence-corrected chi connectivity index (χ1v) is 7.13. The van der Waals surface area contributed by atoms with Crippen molar-refractivity contribution in [2.45, 2.75) is 45.6 Å². The highest BCUT2D eigenvalue weighted by Crippen LogP contribution is 2.34. The van der Waals surface area contributed by atoms with Crippen LogP contribution in [0.5, 0.6) is 0 Å². The lowest BCUT2D eigenvalue weighted by Crippen LogP contribution is -2.37. The van der Waals surface area contributed by atoms with Gasteiger partial charge < -0.3 is 11.1 Å². The van der Waals surface area contributed by atoms with Crippen LogP contribution in [0, 0.1) is 11.8 Å². The molecule has 0 spiro atoms. The Hall–Kier alpha value is -1.09. The van der Waals surface area contributed by atoms with Gasteiger partial charge in [0.05, 0.1) is 0 Å². The van der Waals surface area contributed by atoms with Gasteiger partial charge in [-0.15, -0.1) is 0 Å². The van der Waals surface area contributed by atoms with E-state index in [4.69, 9.17) is 5.73 Å². The maximum absolute atomic E-state index is 5.95. The minimum atomic E-state index is 0.548.